The van der Waals surface area contributed by atoms with Gasteiger partial charge in [-0.2, -0.15) is 0 Å². The van der Waals surface area contributed by atoms with Gasteiger partial charge in [0.15, 0.2) is 0 Å². The standard InChI is InChI=1S/C17H21ClN2O3/c18-14-4-1-13-10-20(8-7-12(13)9-14)17(23)19-15-5-2-11(3-6-15)16(21)22/h1,4,9,11,15H,2-3,5-8,10H2,(H,19,23)(H,21,22). The van der Waals surface area contributed by atoms with Gasteiger partial charge in [-0.3, -0.25) is 4.79 Å². The van der Waals surface area contributed by atoms with Crippen molar-refractivity contribution in [1.29, 1.82) is 0 Å². The predicted octanol–water partition coefficient (Wildman–Crippen LogP) is 3.05. The molecule has 1 heterocycles. The smallest absolute Gasteiger partial charge is 0.317 e. The van der Waals surface area contributed by atoms with Crippen LogP contribution in [0.25, 0.3) is 0 Å². The SMILES string of the molecule is O=C(O)C1CCC(NC(=O)N2CCc3cc(Cl)ccc3C2)CC1. The van der Waals surface area contributed by atoms with Crippen molar-refractivity contribution >= 4 is 23.6 Å². The number of hydrogen-bond donors (Lipinski definition) is 2. The van der Waals surface area contributed by atoms with Crippen molar-refractivity contribution in [1.82, 2.24) is 10.2 Å². The van der Waals surface area contributed by atoms with E-state index in [9.17, 15) is 9.59 Å². The number of aliphatic carboxylic acids is 1. The third kappa shape index (κ3) is 3.78. The Bertz CT molecular complexity index is 612. The summed E-state index contributed by atoms with van der Waals surface area (Å²) in [6.45, 7) is 1.28. The van der Waals surface area contributed by atoms with Crippen molar-refractivity contribution in [3.05, 3.63) is 34.3 Å². The van der Waals surface area contributed by atoms with Crippen molar-refractivity contribution in [2.75, 3.05) is 6.54 Å². The second-order valence-electron chi connectivity index (χ2n) is 6.42. The molecule has 5 nitrogen and oxygen atoms in total. The van der Waals surface area contributed by atoms with Crippen LogP contribution in [0.4, 0.5) is 4.79 Å². The fraction of sp³-hybridized carbons (Fsp3) is 0.529. The van der Waals surface area contributed by atoms with E-state index < -0.39 is 5.97 Å². The summed E-state index contributed by atoms with van der Waals surface area (Å²) in [6.07, 6.45) is 3.57. The second kappa shape index (κ2) is 6.79. The molecule has 1 aliphatic heterocycles. The number of nitrogens with one attached hydrogen (secondary N) is 1. The molecule has 3 rings (SSSR count). The van der Waals surface area contributed by atoms with E-state index in [1.807, 2.05) is 23.1 Å². The van der Waals surface area contributed by atoms with Crippen molar-refractivity contribution in [3.63, 3.8) is 0 Å². The molecular weight excluding hydrogens is 316 g/mol. The van der Waals surface area contributed by atoms with Crippen LogP contribution in [0.1, 0.15) is 36.8 Å². The van der Waals surface area contributed by atoms with Crippen molar-refractivity contribution < 1.29 is 14.7 Å². The Kier molecular flexibility index (Phi) is 4.76. The number of amides is 2. The average Bonchev–Trinajstić information content (AvgIpc) is 2.54. The molecule has 0 bridgehead atoms. The van der Waals surface area contributed by atoms with Crippen LogP contribution in [0.15, 0.2) is 18.2 Å². The highest BCUT2D eigenvalue weighted by Crippen LogP contribution is 2.26. The van der Waals surface area contributed by atoms with E-state index in [0.29, 0.717) is 25.9 Å². The van der Waals surface area contributed by atoms with Crippen molar-refractivity contribution in [2.24, 2.45) is 5.92 Å². The van der Waals surface area contributed by atoms with Crippen LogP contribution in [0.2, 0.25) is 5.02 Å². The van der Waals surface area contributed by atoms with Gasteiger partial charge in [0.1, 0.15) is 0 Å². The fourth-order valence-electron chi connectivity index (χ4n) is 3.45. The third-order valence-electron chi connectivity index (χ3n) is 4.87. The molecule has 124 valence electrons. The molecule has 1 aromatic rings. The lowest BCUT2D eigenvalue weighted by Crippen LogP contribution is -2.47. The van der Waals surface area contributed by atoms with Gasteiger partial charge in [0.25, 0.3) is 0 Å². The van der Waals surface area contributed by atoms with Crippen LogP contribution >= 0.6 is 11.6 Å². The van der Waals surface area contributed by atoms with Crippen LogP contribution in [0.3, 0.4) is 0 Å². The monoisotopic (exact) mass is 336 g/mol. The van der Waals surface area contributed by atoms with Crippen LogP contribution in [-0.4, -0.2) is 34.6 Å². The molecule has 2 aliphatic rings. The van der Waals surface area contributed by atoms with E-state index in [4.69, 9.17) is 16.7 Å². The Morgan fingerprint density at radius 1 is 1.17 bits per heavy atom. The maximum absolute atomic E-state index is 12.4. The second-order valence-corrected chi connectivity index (χ2v) is 6.86. The minimum atomic E-state index is -0.721. The highest BCUT2D eigenvalue weighted by molar-refractivity contribution is 6.30. The van der Waals surface area contributed by atoms with Gasteiger partial charge in [0.05, 0.1) is 5.92 Å². The molecule has 2 amide bonds. The summed E-state index contributed by atoms with van der Waals surface area (Å²) < 4.78 is 0. The van der Waals surface area contributed by atoms with Gasteiger partial charge >= 0.3 is 12.0 Å². The summed E-state index contributed by atoms with van der Waals surface area (Å²) in [7, 11) is 0. The number of rotatable bonds is 2. The predicted molar refractivity (Wildman–Crippen MR) is 87.5 cm³/mol. The van der Waals surface area contributed by atoms with Gasteiger partial charge in [-0.15, -0.1) is 0 Å². The maximum atomic E-state index is 12.4. The Balaban J connectivity index is 1.54. The maximum Gasteiger partial charge on any atom is 0.317 e. The van der Waals surface area contributed by atoms with Gasteiger partial charge in [-0.05, 0) is 55.4 Å². The largest absolute Gasteiger partial charge is 0.481 e. The number of urea groups is 1. The van der Waals surface area contributed by atoms with E-state index in [-0.39, 0.29) is 18.0 Å². The molecule has 6 heteroatoms. The van der Waals surface area contributed by atoms with Gasteiger partial charge < -0.3 is 15.3 Å². The number of halogens is 1. The zero-order valence-electron chi connectivity index (χ0n) is 12.9. The molecule has 2 N–H and O–H groups in total. The minimum absolute atomic E-state index is 0.0515. The van der Waals surface area contributed by atoms with E-state index in [2.05, 4.69) is 5.32 Å². The Morgan fingerprint density at radius 2 is 1.91 bits per heavy atom. The molecule has 1 aliphatic carbocycles. The molecule has 0 saturated heterocycles. The van der Waals surface area contributed by atoms with E-state index in [1.54, 1.807) is 0 Å². The normalized spacial score (nSPS) is 24.0. The van der Waals surface area contributed by atoms with E-state index in [0.717, 1.165) is 29.8 Å². The number of benzene rings is 1. The lowest BCUT2D eigenvalue weighted by molar-refractivity contribution is -0.142. The number of fused-ring (bicyclic) bond motifs is 1. The molecular formula is C17H21ClN2O3. The molecule has 0 spiro atoms. The van der Waals surface area contributed by atoms with E-state index in [1.165, 1.54) is 5.56 Å². The number of hydrogen-bond acceptors (Lipinski definition) is 2. The van der Waals surface area contributed by atoms with Gasteiger partial charge in [-0.25, -0.2) is 4.79 Å². The van der Waals surface area contributed by atoms with Crippen LogP contribution in [-0.2, 0) is 17.8 Å². The topological polar surface area (TPSA) is 69.6 Å². The number of carbonyl (C=O) groups is 2. The summed E-state index contributed by atoms with van der Waals surface area (Å²) in [5.74, 6) is -0.976. The Labute approximate surface area is 140 Å². The molecule has 0 atom stereocenters. The number of carboxylic acids is 1. The van der Waals surface area contributed by atoms with Crippen molar-refractivity contribution in [3.8, 4) is 0 Å². The first kappa shape index (κ1) is 16.1. The lowest BCUT2D eigenvalue weighted by atomic mass is 9.86. The average molecular weight is 337 g/mol. The summed E-state index contributed by atoms with van der Waals surface area (Å²) in [6, 6.07) is 5.85. The first-order valence-electron chi connectivity index (χ1n) is 8.08. The van der Waals surface area contributed by atoms with Gasteiger partial charge in [0.2, 0.25) is 0 Å². The van der Waals surface area contributed by atoms with E-state index >= 15 is 0 Å². The molecule has 1 saturated carbocycles. The molecule has 0 radical (unpaired) electrons. The highest BCUT2D eigenvalue weighted by Gasteiger charge is 2.28. The van der Waals surface area contributed by atoms with Gasteiger partial charge in [-0.1, -0.05) is 17.7 Å². The number of carbonyl (C=O) groups excluding carboxylic acids is 1. The third-order valence-corrected chi connectivity index (χ3v) is 5.11. The first-order chi connectivity index (χ1) is 11.0. The first-order valence-corrected chi connectivity index (χ1v) is 8.46. The Morgan fingerprint density at radius 3 is 2.61 bits per heavy atom. The molecule has 23 heavy (non-hydrogen) atoms. The molecule has 0 unspecified atom stereocenters. The summed E-state index contributed by atoms with van der Waals surface area (Å²) in [4.78, 5) is 25.2. The van der Waals surface area contributed by atoms with Crippen molar-refractivity contribution in [2.45, 2.75) is 44.7 Å². The van der Waals surface area contributed by atoms with Crippen LogP contribution < -0.4 is 5.32 Å². The van der Waals surface area contributed by atoms with Crippen LogP contribution in [0, 0.1) is 5.92 Å². The van der Waals surface area contributed by atoms with Gasteiger partial charge in [0, 0.05) is 24.2 Å². The molecule has 1 fully saturated rings. The fourth-order valence-corrected chi connectivity index (χ4v) is 3.64. The lowest BCUT2D eigenvalue weighted by Gasteiger charge is -2.32. The minimum Gasteiger partial charge on any atom is -0.481 e. The quantitative estimate of drug-likeness (QED) is 0.872. The summed E-state index contributed by atoms with van der Waals surface area (Å²) in [5.41, 5.74) is 2.36. The number of nitrogens with zero attached hydrogens (tertiary/aromatic N) is 1. The zero-order chi connectivity index (χ0) is 16.4. The number of carboxylic acid groups (broad SMARTS) is 1. The zero-order valence-corrected chi connectivity index (χ0v) is 13.7. The molecule has 1 aromatic carbocycles. The highest BCUT2D eigenvalue weighted by atomic mass is 35.5. The molecule has 0 aromatic heterocycles. The van der Waals surface area contributed by atoms with Crippen LogP contribution in [0.5, 0.6) is 0 Å². The summed E-state index contributed by atoms with van der Waals surface area (Å²) in [5, 5.41) is 12.8. The Hall–Kier alpha value is -1.75. The summed E-state index contributed by atoms with van der Waals surface area (Å²) >= 11 is 6.00.